The van der Waals surface area contributed by atoms with Gasteiger partial charge in [0, 0.05) is 45.1 Å². The average Bonchev–Trinajstić information content (AvgIpc) is 3.10. The molecule has 2 aliphatic rings. The highest BCUT2D eigenvalue weighted by Crippen LogP contribution is 2.22. The molecule has 0 spiro atoms. The number of nitrogens with zero attached hydrogens (tertiary/aromatic N) is 5. The van der Waals surface area contributed by atoms with E-state index < -0.39 is 0 Å². The Morgan fingerprint density at radius 1 is 1.07 bits per heavy atom. The average molecular weight is 369 g/mol. The van der Waals surface area contributed by atoms with Gasteiger partial charge in [-0.25, -0.2) is 9.97 Å². The normalized spacial score (nSPS) is 21.9. The van der Waals surface area contributed by atoms with E-state index in [0.717, 1.165) is 76.8 Å². The largest absolute Gasteiger partial charge is 0.468 e. The molecule has 1 unspecified atom stereocenters. The Morgan fingerprint density at radius 2 is 1.96 bits per heavy atom. The van der Waals surface area contributed by atoms with Gasteiger partial charge in [0.15, 0.2) is 0 Å². The van der Waals surface area contributed by atoms with Crippen LogP contribution in [0.15, 0.2) is 41.3 Å². The molecule has 2 fully saturated rings. The van der Waals surface area contributed by atoms with E-state index in [4.69, 9.17) is 4.42 Å². The van der Waals surface area contributed by atoms with E-state index in [2.05, 4.69) is 19.8 Å². The fourth-order valence-corrected chi connectivity index (χ4v) is 4.07. The molecule has 1 atom stereocenters. The van der Waals surface area contributed by atoms with Gasteiger partial charge >= 0.3 is 0 Å². The van der Waals surface area contributed by atoms with Crippen molar-refractivity contribution in [1.29, 1.82) is 0 Å². The first-order valence-electron chi connectivity index (χ1n) is 9.85. The molecule has 144 valence electrons. The summed E-state index contributed by atoms with van der Waals surface area (Å²) in [5.41, 5.74) is 0. The van der Waals surface area contributed by atoms with E-state index in [1.165, 1.54) is 0 Å². The van der Waals surface area contributed by atoms with E-state index in [1.807, 2.05) is 23.1 Å². The molecule has 2 aromatic heterocycles. The van der Waals surface area contributed by atoms with Crippen LogP contribution in [0.2, 0.25) is 0 Å². The lowest BCUT2D eigenvalue weighted by molar-refractivity contribution is -0.137. The summed E-state index contributed by atoms with van der Waals surface area (Å²) in [4.78, 5) is 28.4. The number of aromatic nitrogens is 2. The van der Waals surface area contributed by atoms with Crippen LogP contribution < -0.4 is 4.90 Å². The number of furan rings is 1. The molecular formula is C20H27N5O2. The van der Waals surface area contributed by atoms with Crippen LogP contribution in [0.4, 0.5) is 5.95 Å². The van der Waals surface area contributed by atoms with Crippen LogP contribution in [0.1, 0.15) is 25.0 Å². The second-order valence-corrected chi connectivity index (χ2v) is 7.37. The predicted octanol–water partition coefficient (Wildman–Crippen LogP) is 2.02. The molecule has 0 saturated carbocycles. The highest BCUT2D eigenvalue weighted by Gasteiger charge is 2.30. The van der Waals surface area contributed by atoms with Gasteiger partial charge in [-0.3, -0.25) is 9.69 Å². The number of amides is 1. The van der Waals surface area contributed by atoms with Crippen LogP contribution >= 0.6 is 0 Å². The van der Waals surface area contributed by atoms with Crippen LogP contribution in [0.3, 0.4) is 0 Å². The van der Waals surface area contributed by atoms with Crippen molar-refractivity contribution in [1.82, 2.24) is 19.8 Å². The fraction of sp³-hybridized carbons (Fsp3) is 0.550. The first-order chi connectivity index (χ1) is 13.3. The Balaban J connectivity index is 1.33. The lowest BCUT2D eigenvalue weighted by Gasteiger charge is -2.34. The number of rotatable bonds is 4. The minimum absolute atomic E-state index is 0.0910. The fourth-order valence-electron chi connectivity index (χ4n) is 4.07. The minimum Gasteiger partial charge on any atom is -0.468 e. The molecule has 4 rings (SSSR count). The molecule has 2 aliphatic heterocycles. The SMILES string of the molecule is O=C(C1CCCN(Cc2ccco2)C1)N1CCCN(c2ncccn2)CC1. The predicted molar refractivity (Wildman–Crippen MR) is 102 cm³/mol. The Labute approximate surface area is 160 Å². The summed E-state index contributed by atoms with van der Waals surface area (Å²) < 4.78 is 5.46. The van der Waals surface area contributed by atoms with Gasteiger partial charge in [-0.15, -0.1) is 0 Å². The van der Waals surface area contributed by atoms with Crippen molar-refractivity contribution >= 4 is 11.9 Å². The minimum atomic E-state index is 0.0910. The van der Waals surface area contributed by atoms with Crippen LogP contribution in [0.25, 0.3) is 0 Å². The number of piperidine rings is 1. The van der Waals surface area contributed by atoms with Crippen molar-refractivity contribution in [2.75, 3.05) is 44.2 Å². The third-order valence-corrected chi connectivity index (χ3v) is 5.46. The summed E-state index contributed by atoms with van der Waals surface area (Å²) >= 11 is 0. The number of hydrogen-bond donors (Lipinski definition) is 0. The Kier molecular flexibility index (Phi) is 5.67. The number of likely N-dealkylation sites (tertiary alicyclic amines) is 1. The van der Waals surface area contributed by atoms with Crippen molar-refractivity contribution in [3.05, 3.63) is 42.6 Å². The molecule has 0 bridgehead atoms. The molecule has 2 saturated heterocycles. The molecule has 0 radical (unpaired) electrons. The van der Waals surface area contributed by atoms with Gasteiger partial charge < -0.3 is 14.2 Å². The molecule has 7 heteroatoms. The summed E-state index contributed by atoms with van der Waals surface area (Å²) in [6.07, 6.45) is 8.25. The molecule has 1 amide bonds. The van der Waals surface area contributed by atoms with E-state index in [-0.39, 0.29) is 5.92 Å². The lowest BCUT2D eigenvalue weighted by atomic mass is 9.96. The maximum atomic E-state index is 13.1. The summed E-state index contributed by atoms with van der Waals surface area (Å²) in [7, 11) is 0. The number of carbonyl (C=O) groups is 1. The second-order valence-electron chi connectivity index (χ2n) is 7.37. The van der Waals surface area contributed by atoms with Crippen molar-refractivity contribution in [2.45, 2.75) is 25.8 Å². The second kappa shape index (κ2) is 8.52. The van der Waals surface area contributed by atoms with Gasteiger partial charge in [-0.05, 0) is 44.0 Å². The number of anilines is 1. The van der Waals surface area contributed by atoms with Gasteiger partial charge in [0.1, 0.15) is 5.76 Å². The molecule has 7 nitrogen and oxygen atoms in total. The zero-order valence-corrected chi connectivity index (χ0v) is 15.7. The van der Waals surface area contributed by atoms with E-state index in [0.29, 0.717) is 5.91 Å². The summed E-state index contributed by atoms with van der Waals surface area (Å²) in [5, 5.41) is 0. The van der Waals surface area contributed by atoms with Crippen LogP contribution in [0.5, 0.6) is 0 Å². The number of hydrogen-bond acceptors (Lipinski definition) is 6. The van der Waals surface area contributed by atoms with E-state index in [1.54, 1.807) is 18.7 Å². The Hall–Kier alpha value is -2.41. The topological polar surface area (TPSA) is 65.7 Å². The molecule has 2 aromatic rings. The highest BCUT2D eigenvalue weighted by molar-refractivity contribution is 5.79. The lowest BCUT2D eigenvalue weighted by Crippen LogP contribution is -2.45. The van der Waals surface area contributed by atoms with Gasteiger partial charge in [0.05, 0.1) is 18.7 Å². The first-order valence-corrected chi connectivity index (χ1v) is 9.85. The van der Waals surface area contributed by atoms with Crippen molar-refractivity contribution in [3.63, 3.8) is 0 Å². The first kappa shape index (κ1) is 18.0. The van der Waals surface area contributed by atoms with Crippen LogP contribution in [-0.4, -0.2) is 64.9 Å². The maximum Gasteiger partial charge on any atom is 0.227 e. The maximum absolute atomic E-state index is 13.1. The summed E-state index contributed by atoms with van der Waals surface area (Å²) in [6.45, 7) is 5.88. The zero-order chi connectivity index (χ0) is 18.5. The van der Waals surface area contributed by atoms with Gasteiger partial charge in [-0.2, -0.15) is 0 Å². The molecular weight excluding hydrogens is 342 g/mol. The molecule has 0 N–H and O–H groups in total. The van der Waals surface area contributed by atoms with Crippen molar-refractivity contribution in [2.24, 2.45) is 5.92 Å². The van der Waals surface area contributed by atoms with Crippen LogP contribution in [0, 0.1) is 5.92 Å². The quantitative estimate of drug-likeness (QED) is 0.822. The van der Waals surface area contributed by atoms with Gasteiger partial charge in [0.25, 0.3) is 0 Å². The van der Waals surface area contributed by atoms with Crippen molar-refractivity contribution in [3.8, 4) is 0 Å². The smallest absolute Gasteiger partial charge is 0.227 e. The Bertz CT molecular complexity index is 721. The van der Waals surface area contributed by atoms with Gasteiger partial charge in [-0.1, -0.05) is 0 Å². The number of carbonyl (C=O) groups excluding carboxylic acids is 1. The van der Waals surface area contributed by atoms with E-state index >= 15 is 0 Å². The standard InChI is InChI=1S/C20H27N5O2/c26-19(17-5-1-9-23(15-17)16-18-6-2-14-27-18)24-10-4-11-25(13-12-24)20-21-7-3-8-22-20/h2-3,6-8,14,17H,1,4-5,9-13,15-16H2. The van der Waals surface area contributed by atoms with Gasteiger partial charge in [0.2, 0.25) is 11.9 Å². The third kappa shape index (κ3) is 4.47. The zero-order valence-electron chi connectivity index (χ0n) is 15.7. The summed E-state index contributed by atoms with van der Waals surface area (Å²) in [5.74, 6) is 2.12. The molecule has 27 heavy (non-hydrogen) atoms. The molecule has 0 aliphatic carbocycles. The molecule has 0 aromatic carbocycles. The molecule has 4 heterocycles. The monoisotopic (exact) mass is 369 g/mol. The highest BCUT2D eigenvalue weighted by atomic mass is 16.3. The van der Waals surface area contributed by atoms with Crippen LogP contribution in [-0.2, 0) is 11.3 Å². The van der Waals surface area contributed by atoms with E-state index in [9.17, 15) is 4.79 Å². The third-order valence-electron chi connectivity index (χ3n) is 5.46. The van der Waals surface area contributed by atoms with Crippen molar-refractivity contribution < 1.29 is 9.21 Å². The Morgan fingerprint density at radius 3 is 2.78 bits per heavy atom. The summed E-state index contributed by atoms with van der Waals surface area (Å²) in [6, 6.07) is 5.75.